The predicted octanol–water partition coefficient (Wildman–Crippen LogP) is 0.136. The predicted molar refractivity (Wildman–Crippen MR) is 93.0 cm³/mol. The van der Waals surface area contributed by atoms with E-state index in [0.717, 1.165) is 84.7 Å². The third kappa shape index (κ3) is 3.47. The molecule has 136 valence electrons. The van der Waals surface area contributed by atoms with Gasteiger partial charge in [-0.05, 0) is 38.6 Å². The quantitative estimate of drug-likeness (QED) is 0.794. The highest BCUT2D eigenvalue weighted by molar-refractivity contribution is 5.82. The normalized spacial score (nSPS) is 34.1. The van der Waals surface area contributed by atoms with Crippen LogP contribution in [-0.4, -0.2) is 97.8 Å². The topological polar surface area (TPSA) is 48.1 Å². The number of nitrogens with one attached hydrogen (secondary N) is 1. The fourth-order valence-corrected chi connectivity index (χ4v) is 5.01. The first-order valence-electron chi connectivity index (χ1n) is 9.90. The number of rotatable bonds is 3. The molecule has 6 heteroatoms. The van der Waals surface area contributed by atoms with Gasteiger partial charge in [0.25, 0.3) is 0 Å². The molecule has 1 N–H and O–H groups in total. The number of likely N-dealkylation sites (tertiary alicyclic amines) is 2. The molecule has 2 unspecified atom stereocenters. The van der Waals surface area contributed by atoms with Crippen LogP contribution in [0.2, 0.25) is 0 Å². The Morgan fingerprint density at radius 2 is 1.71 bits per heavy atom. The van der Waals surface area contributed by atoms with Gasteiger partial charge in [0.2, 0.25) is 5.91 Å². The van der Waals surface area contributed by atoms with Gasteiger partial charge < -0.3 is 15.0 Å². The zero-order valence-corrected chi connectivity index (χ0v) is 14.8. The third-order valence-corrected chi connectivity index (χ3v) is 6.38. The Morgan fingerprint density at radius 1 is 0.917 bits per heavy atom. The van der Waals surface area contributed by atoms with Crippen molar-refractivity contribution >= 4 is 5.91 Å². The first kappa shape index (κ1) is 16.8. The van der Waals surface area contributed by atoms with Crippen LogP contribution in [0.4, 0.5) is 0 Å². The Hall–Kier alpha value is -0.690. The summed E-state index contributed by atoms with van der Waals surface area (Å²) in [6, 6.07) is 1.27. The third-order valence-electron chi connectivity index (χ3n) is 6.38. The van der Waals surface area contributed by atoms with Gasteiger partial charge >= 0.3 is 0 Å². The summed E-state index contributed by atoms with van der Waals surface area (Å²) in [5.41, 5.74) is 0. The molecule has 4 saturated heterocycles. The molecule has 4 aliphatic heterocycles. The maximum Gasteiger partial charge on any atom is 0.239 e. The SMILES string of the molecule is O=C(C1CCCN1C1CCOCC1)N1CCC(N2CCNCC2)C1. The van der Waals surface area contributed by atoms with Crippen molar-refractivity contribution in [3.63, 3.8) is 0 Å². The Kier molecular flexibility index (Phi) is 5.37. The lowest BCUT2D eigenvalue weighted by Crippen LogP contribution is -2.52. The Balaban J connectivity index is 1.34. The van der Waals surface area contributed by atoms with Crippen molar-refractivity contribution in [3.05, 3.63) is 0 Å². The maximum absolute atomic E-state index is 13.2. The first-order valence-corrected chi connectivity index (χ1v) is 9.90. The molecule has 0 spiro atoms. The van der Waals surface area contributed by atoms with Gasteiger partial charge in [0.15, 0.2) is 0 Å². The number of nitrogens with zero attached hydrogens (tertiary/aromatic N) is 3. The van der Waals surface area contributed by atoms with Crippen molar-refractivity contribution in [1.82, 2.24) is 20.0 Å². The molecule has 6 nitrogen and oxygen atoms in total. The van der Waals surface area contributed by atoms with Crippen LogP contribution in [0.15, 0.2) is 0 Å². The second-order valence-corrected chi connectivity index (χ2v) is 7.75. The Morgan fingerprint density at radius 3 is 2.50 bits per heavy atom. The number of carbonyl (C=O) groups is 1. The monoisotopic (exact) mass is 336 g/mol. The van der Waals surface area contributed by atoms with Crippen LogP contribution in [-0.2, 0) is 9.53 Å². The van der Waals surface area contributed by atoms with Crippen molar-refractivity contribution in [2.24, 2.45) is 0 Å². The molecule has 4 heterocycles. The van der Waals surface area contributed by atoms with Crippen molar-refractivity contribution in [3.8, 4) is 0 Å². The Bertz CT molecular complexity index is 435. The Labute approximate surface area is 145 Å². The lowest BCUT2D eigenvalue weighted by atomic mass is 10.1. The van der Waals surface area contributed by atoms with Crippen molar-refractivity contribution in [1.29, 1.82) is 0 Å². The van der Waals surface area contributed by atoms with Crippen LogP contribution in [0.3, 0.4) is 0 Å². The number of amides is 1. The highest BCUT2D eigenvalue weighted by atomic mass is 16.5. The summed E-state index contributed by atoms with van der Waals surface area (Å²) >= 11 is 0. The number of hydrogen-bond acceptors (Lipinski definition) is 5. The van der Waals surface area contributed by atoms with E-state index in [1.54, 1.807) is 0 Å². The zero-order valence-electron chi connectivity index (χ0n) is 14.8. The smallest absolute Gasteiger partial charge is 0.239 e. The minimum absolute atomic E-state index is 0.134. The van der Waals surface area contributed by atoms with E-state index in [4.69, 9.17) is 4.74 Å². The fraction of sp³-hybridized carbons (Fsp3) is 0.944. The molecule has 2 atom stereocenters. The molecule has 0 bridgehead atoms. The van der Waals surface area contributed by atoms with Crippen molar-refractivity contribution in [2.75, 3.05) is 59.0 Å². The van der Waals surface area contributed by atoms with Crippen LogP contribution in [0.1, 0.15) is 32.1 Å². The molecular weight excluding hydrogens is 304 g/mol. The van der Waals surface area contributed by atoms with E-state index in [9.17, 15) is 4.79 Å². The molecule has 0 saturated carbocycles. The standard InChI is InChI=1S/C18H32N4O2/c23-18(17-2-1-8-22(17)15-4-12-24-13-5-15)21-9-3-16(14-21)20-10-6-19-7-11-20/h15-17,19H,1-14H2. The average molecular weight is 336 g/mol. The average Bonchev–Trinajstić information content (AvgIpc) is 3.32. The van der Waals surface area contributed by atoms with E-state index in [-0.39, 0.29) is 6.04 Å². The highest BCUT2D eigenvalue weighted by Gasteiger charge is 2.40. The van der Waals surface area contributed by atoms with Crippen molar-refractivity contribution < 1.29 is 9.53 Å². The van der Waals surface area contributed by atoms with Crippen LogP contribution in [0.5, 0.6) is 0 Å². The summed E-state index contributed by atoms with van der Waals surface area (Å²) < 4.78 is 5.50. The van der Waals surface area contributed by atoms with Gasteiger partial charge in [0.05, 0.1) is 6.04 Å². The molecule has 4 aliphatic rings. The molecule has 4 rings (SSSR count). The summed E-state index contributed by atoms with van der Waals surface area (Å²) in [4.78, 5) is 20.4. The van der Waals surface area contributed by atoms with E-state index in [0.29, 0.717) is 18.0 Å². The van der Waals surface area contributed by atoms with Gasteiger partial charge in [-0.3, -0.25) is 14.6 Å². The summed E-state index contributed by atoms with van der Waals surface area (Å²) in [6.45, 7) is 9.14. The molecular formula is C18H32N4O2. The number of ether oxygens (including phenoxy) is 1. The van der Waals surface area contributed by atoms with Gasteiger partial charge in [-0.2, -0.15) is 0 Å². The summed E-state index contributed by atoms with van der Waals surface area (Å²) in [5, 5.41) is 3.42. The van der Waals surface area contributed by atoms with Crippen LogP contribution < -0.4 is 5.32 Å². The van der Waals surface area contributed by atoms with E-state index >= 15 is 0 Å². The molecule has 1 amide bonds. The zero-order chi connectivity index (χ0) is 16.4. The molecule has 0 aliphatic carbocycles. The van der Waals surface area contributed by atoms with Gasteiger partial charge in [-0.25, -0.2) is 0 Å². The minimum Gasteiger partial charge on any atom is -0.381 e. The lowest BCUT2D eigenvalue weighted by molar-refractivity contribution is -0.136. The van der Waals surface area contributed by atoms with Gasteiger partial charge in [-0.1, -0.05) is 0 Å². The fourth-order valence-electron chi connectivity index (χ4n) is 5.01. The summed E-state index contributed by atoms with van der Waals surface area (Å²) in [5.74, 6) is 0.400. The van der Waals surface area contributed by atoms with Crippen LogP contribution >= 0.6 is 0 Å². The van der Waals surface area contributed by atoms with E-state index < -0.39 is 0 Å². The number of hydrogen-bond donors (Lipinski definition) is 1. The highest BCUT2D eigenvalue weighted by Crippen LogP contribution is 2.28. The van der Waals surface area contributed by atoms with Crippen LogP contribution in [0, 0.1) is 0 Å². The molecule has 4 fully saturated rings. The minimum atomic E-state index is 0.134. The second kappa shape index (κ2) is 7.68. The molecule has 0 aromatic heterocycles. The van der Waals surface area contributed by atoms with Crippen LogP contribution in [0.25, 0.3) is 0 Å². The largest absolute Gasteiger partial charge is 0.381 e. The lowest BCUT2D eigenvalue weighted by Gasteiger charge is -2.36. The van der Waals surface area contributed by atoms with Gasteiger partial charge in [-0.15, -0.1) is 0 Å². The van der Waals surface area contributed by atoms with Gasteiger partial charge in [0.1, 0.15) is 0 Å². The molecule has 0 aromatic rings. The molecule has 0 aromatic carbocycles. The van der Waals surface area contributed by atoms with Gasteiger partial charge in [0, 0.05) is 64.6 Å². The second-order valence-electron chi connectivity index (χ2n) is 7.75. The number of carbonyl (C=O) groups excluding carboxylic acids is 1. The summed E-state index contributed by atoms with van der Waals surface area (Å²) in [6.07, 6.45) is 5.55. The molecule has 0 radical (unpaired) electrons. The first-order chi connectivity index (χ1) is 11.8. The maximum atomic E-state index is 13.2. The van der Waals surface area contributed by atoms with E-state index in [2.05, 4.69) is 20.0 Å². The molecule has 24 heavy (non-hydrogen) atoms. The summed E-state index contributed by atoms with van der Waals surface area (Å²) in [7, 11) is 0. The van der Waals surface area contributed by atoms with E-state index in [1.807, 2.05) is 0 Å². The van der Waals surface area contributed by atoms with Crippen molar-refractivity contribution in [2.45, 2.75) is 50.2 Å². The number of piperazine rings is 1. The van der Waals surface area contributed by atoms with E-state index in [1.165, 1.54) is 6.42 Å².